The van der Waals surface area contributed by atoms with Crippen LogP contribution in [0.5, 0.6) is 0 Å². The number of anilines is 1. The summed E-state index contributed by atoms with van der Waals surface area (Å²) in [6.45, 7) is 4.37. The van der Waals surface area contributed by atoms with Crippen molar-refractivity contribution in [3.63, 3.8) is 0 Å². The van der Waals surface area contributed by atoms with Crippen LogP contribution in [0.3, 0.4) is 0 Å². The third kappa shape index (κ3) is 3.85. The lowest BCUT2D eigenvalue weighted by Crippen LogP contribution is -2.41. The number of carbonyl (C=O) groups is 2. The van der Waals surface area contributed by atoms with Gasteiger partial charge < -0.3 is 10.0 Å². The highest BCUT2D eigenvalue weighted by molar-refractivity contribution is 9.10. The predicted octanol–water partition coefficient (Wildman–Crippen LogP) is 6.23. The molecule has 0 spiro atoms. The monoisotopic (exact) mass is 513 g/mol. The first kappa shape index (κ1) is 22.5. The maximum atomic E-state index is 13.7. The molecule has 1 aliphatic rings. The van der Waals surface area contributed by atoms with Crippen LogP contribution in [0.2, 0.25) is 0 Å². The summed E-state index contributed by atoms with van der Waals surface area (Å²) in [5.74, 6) is -0.754. The minimum atomic E-state index is -1.93. The summed E-state index contributed by atoms with van der Waals surface area (Å²) >= 11 is 3.46. The van der Waals surface area contributed by atoms with Gasteiger partial charge in [0.05, 0.1) is 18.7 Å². The molecule has 0 saturated carbocycles. The standard InChI is InChI=1S/C29H24BrNO3/c1-18-7-8-23(19(2)13-18)17-31-26-12-11-24(30)15-25(26)29(34,28(31)33)16-27(32)22-10-9-20-5-3-4-6-21(20)14-22/h3-15,34H,16-17H2,1-2H3. The summed E-state index contributed by atoms with van der Waals surface area (Å²) in [5, 5.41) is 13.7. The van der Waals surface area contributed by atoms with Gasteiger partial charge in [0, 0.05) is 15.6 Å². The number of rotatable bonds is 5. The number of hydrogen-bond donors (Lipinski definition) is 1. The van der Waals surface area contributed by atoms with Crippen molar-refractivity contribution in [2.24, 2.45) is 0 Å². The van der Waals surface area contributed by atoms with Crippen molar-refractivity contribution in [3.8, 4) is 0 Å². The number of hydrogen-bond acceptors (Lipinski definition) is 3. The van der Waals surface area contributed by atoms with Gasteiger partial charge in [-0.15, -0.1) is 0 Å². The minimum Gasteiger partial charge on any atom is -0.375 e. The molecule has 1 heterocycles. The molecule has 0 aliphatic carbocycles. The van der Waals surface area contributed by atoms with Crippen molar-refractivity contribution in [3.05, 3.63) is 111 Å². The van der Waals surface area contributed by atoms with Gasteiger partial charge in [-0.2, -0.15) is 0 Å². The lowest BCUT2D eigenvalue weighted by Gasteiger charge is -2.23. The Morgan fingerprint density at radius 1 is 0.941 bits per heavy atom. The normalized spacial score (nSPS) is 17.3. The van der Waals surface area contributed by atoms with Gasteiger partial charge in [-0.1, -0.05) is 76.1 Å². The molecule has 4 nitrogen and oxygen atoms in total. The first-order valence-corrected chi connectivity index (χ1v) is 12.0. The zero-order valence-electron chi connectivity index (χ0n) is 19.0. The first-order chi connectivity index (χ1) is 16.3. The molecule has 0 aromatic heterocycles. The smallest absolute Gasteiger partial charge is 0.264 e. The minimum absolute atomic E-state index is 0.277. The quantitative estimate of drug-likeness (QED) is 0.322. The summed E-state index contributed by atoms with van der Waals surface area (Å²) in [6.07, 6.45) is -0.322. The molecule has 170 valence electrons. The van der Waals surface area contributed by atoms with Crippen LogP contribution < -0.4 is 4.90 Å². The van der Waals surface area contributed by atoms with E-state index < -0.39 is 11.5 Å². The van der Waals surface area contributed by atoms with E-state index in [0.717, 1.165) is 31.9 Å². The number of benzene rings is 4. The zero-order valence-corrected chi connectivity index (χ0v) is 20.6. The molecule has 0 saturated heterocycles. The van der Waals surface area contributed by atoms with Crippen LogP contribution in [0.25, 0.3) is 10.8 Å². The number of aliphatic hydroxyl groups is 1. The lowest BCUT2D eigenvalue weighted by molar-refractivity contribution is -0.136. The molecule has 0 fully saturated rings. The Morgan fingerprint density at radius 3 is 2.47 bits per heavy atom. The molecule has 5 heteroatoms. The van der Waals surface area contributed by atoms with Crippen LogP contribution in [0.4, 0.5) is 5.69 Å². The van der Waals surface area contributed by atoms with Gasteiger partial charge in [0.1, 0.15) is 0 Å². The average Bonchev–Trinajstić information content (AvgIpc) is 3.01. The SMILES string of the molecule is Cc1ccc(CN2C(=O)C(O)(CC(=O)c3ccc4ccccc4c3)c3cc(Br)ccc32)c(C)c1. The first-order valence-electron chi connectivity index (χ1n) is 11.2. The second kappa shape index (κ2) is 8.49. The van der Waals surface area contributed by atoms with Crippen LogP contribution in [0.15, 0.2) is 83.3 Å². The summed E-state index contributed by atoms with van der Waals surface area (Å²) in [7, 11) is 0. The molecule has 1 unspecified atom stereocenters. The maximum Gasteiger partial charge on any atom is 0.264 e. The molecule has 34 heavy (non-hydrogen) atoms. The molecular formula is C29H24BrNO3. The molecule has 4 aromatic carbocycles. The Hall–Kier alpha value is -3.28. The third-order valence-electron chi connectivity index (χ3n) is 6.61. The summed E-state index contributed by atoms with van der Waals surface area (Å²) in [5.41, 5.74) is 2.85. The van der Waals surface area contributed by atoms with Crippen LogP contribution in [-0.4, -0.2) is 16.8 Å². The van der Waals surface area contributed by atoms with Crippen molar-refractivity contribution in [2.45, 2.75) is 32.4 Å². The van der Waals surface area contributed by atoms with Crippen LogP contribution in [-0.2, 0) is 16.9 Å². The summed E-state index contributed by atoms with van der Waals surface area (Å²) < 4.78 is 0.740. The number of aryl methyl sites for hydroxylation is 2. The zero-order chi connectivity index (χ0) is 24.0. The van der Waals surface area contributed by atoms with Crippen LogP contribution in [0.1, 0.15) is 39.0 Å². The lowest BCUT2D eigenvalue weighted by atomic mass is 9.87. The van der Waals surface area contributed by atoms with Crippen molar-refractivity contribution < 1.29 is 14.7 Å². The molecule has 0 radical (unpaired) electrons. The molecule has 4 aromatic rings. The van der Waals surface area contributed by atoms with Crippen molar-refractivity contribution in [1.29, 1.82) is 0 Å². The van der Waals surface area contributed by atoms with Crippen LogP contribution in [0, 0.1) is 13.8 Å². The highest BCUT2D eigenvalue weighted by Crippen LogP contribution is 2.45. The molecule has 1 amide bonds. The largest absolute Gasteiger partial charge is 0.375 e. The Labute approximate surface area is 207 Å². The summed E-state index contributed by atoms with van der Waals surface area (Å²) in [6, 6.07) is 24.8. The van der Waals surface area contributed by atoms with E-state index >= 15 is 0 Å². The molecule has 5 rings (SSSR count). The third-order valence-corrected chi connectivity index (χ3v) is 7.10. The average molecular weight is 514 g/mol. The molecule has 1 atom stereocenters. The van der Waals surface area contributed by atoms with Gasteiger partial charge in [0.15, 0.2) is 11.4 Å². The van der Waals surface area contributed by atoms with Gasteiger partial charge in [-0.25, -0.2) is 0 Å². The van der Waals surface area contributed by atoms with E-state index in [0.29, 0.717) is 23.4 Å². The van der Waals surface area contributed by atoms with E-state index in [1.54, 1.807) is 17.0 Å². The van der Waals surface area contributed by atoms with Gasteiger partial charge >= 0.3 is 0 Å². The van der Waals surface area contributed by atoms with Crippen molar-refractivity contribution in [2.75, 3.05) is 4.90 Å². The number of nitrogens with zero attached hydrogens (tertiary/aromatic N) is 1. The van der Waals surface area contributed by atoms with Crippen LogP contribution >= 0.6 is 15.9 Å². The van der Waals surface area contributed by atoms with E-state index in [4.69, 9.17) is 0 Å². The van der Waals surface area contributed by atoms with E-state index in [1.807, 2.05) is 74.5 Å². The number of ketones is 1. The summed E-state index contributed by atoms with van der Waals surface area (Å²) in [4.78, 5) is 28.6. The fourth-order valence-electron chi connectivity index (χ4n) is 4.74. The molecule has 1 N–H and O–H groups in total. The molecule has 1 aliphatic heterocycles. The van der Waals surface area contributed by atoms with E-state index in [2.05, 4.69) is 22.0 Å². The van der Waals surface area contributed by atoms with E-state index in [9.17, 15) is 14.7 Å². The number of halogens is 1. The highest BCUT2D eigenvalue weighted by atomic mass is 79.9. The second-order valence-electron chi connectivity index (χ2n) is 9.00. The Morgan fingerprint density at radius 2 is 1.71 bits per heavy atom. The van der Waals surface area contributed by atoms with E-state index in [1.165, 1.54) is 0 Å². The van der Waals surface area contributed by atoms with Gasteiger partial charge in [-0.3, -0.25) is 9.59 Å². The van der Waals surface area contributed by atoms with E-state index in [-0.39, 0.29) is 12.2 Å². The fourth-order valence-corrected chi connectivity index (χ4v) is 5.10. The molecule has 0 bridgehead atoms. The number of amides is 1. The fraction of sp³-hybridized carbons (Fsp3) is 0.172. The number of fused-ring (bicyclic) bond motifs is 2. The topological polar surface area (TPSA) is 57.6 Å². The van der Waals surface area contributed by atoms with Gasteiger partial charge in [-0.05, 0) is 60.0 Å². The van der Waals surface area contributed by atoms with Crippen molar-refractivity contribution >= 4 is 44.1 Å². The molecular weight excluding hydrogens is 490 g/mol. The number of carbonyl (C=O) groups excluding carboxylic acids is 2. The Balaban J connectivity index is 1.51. The number of Topliss-reactive ketones (excluding diaryl/α,β-unsaturated/α-hetero) is 1. The highest BCUT2D eigenvalue weighted by Gasteiger charge is 2.51. The van der Waals surface area contributed by atoms with Gasteiger partial charge in [0.2, 0.25) is 0 Å². The predicted molar refractivity (Wildman–Crippen MR) is 138 cm³/mol. The maximum absolute atomic E-state index is 13.7. The second-order valence-corrected chi connectivity index (χ2v) is 9.92. The Bertz CT molecular complexity index is 1460. The van der Waals surface area contributed by atoms with Crippen molar-refractivity contribution in [1.82, 2.24) is 0 Å². The Kier molecular flexibility index (Phi) is 5.62. The van der Waals surface area contributed by atoms with Gasteiger partial charge in [0.25, 0.3) is 5.91 Å².